The Morgan fingerprint density at radius 1 is 1.33 bits per heavy atom. The van der Waals surface area contributed by atoms with Crippen LogP contribution in [0.5, 0.6) is 0 Å². The molecule has 0 aliphatic heterocycles. The molecule has 0 unspecified atom stereocenters. The summed E-state index contributed by atoms with van der Waals surface area (Å²) >= 11 is 7.88. The maximum Gasteiger partial charge on any atom is 0.221 e. The lowest BCUT2D eigenvalue weighted by Crippen LogP contribution is -2.07. The van der Waals surface area contributed by atoms with Gasteiger partial charge in [-0.1, -0.05) is 0 Å². The Bertz CT molecular complexity index is 540. The van der Waals surface area contributed by atoms with E-state index in [-0.39, 0.29) is 5.91 Å². The largest absolute Gasteiger partial charge is 0.323 e. The van der Waals surface area contributed by atoms with E-state index in [1.54, 1.807) is 0 Å². The molecule has 2 aromatic rings. The highest BCUT2D eigenvalue weighted by atomic mass is 79.9. The number of amides is 1. The molecular formula is C8H5Br2N3OS. The standard InChI is InChI=1S/C8H5Br2N3OS/c1-3(14)11-6-4(9)2-5(10)7-8(6)13-15-12-7/h2H,1H3,(H,11,14). The Kier molecular flexibility index (Phi) is 3.03. The lowest BCUT2D eigenvalue weighted by atomic mass is 10.2. The van der Waals surface area contributed by atoms with Gasteiger partial charge in [0.05, 0.1) is 17.4 Å². The zero-order chi connectivity index (χ0) is 11.0. The van der Waals surface area contributed by atoms with Crippen LogP contribution in [-0.4, -0.2) is 14.7 Å². The van der Waals surface area contributed by atoms with E-state index in [9.17, 15) is 4.79 Å². The number of nitrogens with zero attached hydrogens (tertiary/aromatic N) is 2. The van der Waals surface area contributed by atoms with Crippen molar-refractivity contribution in [3.8, 4) is 0 Å². The van der Waals surface area contributed by atoms with Crippen LogP contribution in [0.4, 0.5) is 5.69 Å². The average Bonchev–Trinajstić information content (AvgIpc) is 2.60. The summed E-state index contributed by atoms with van der Waals surface area (Å²) in [6.45, 7) is 1.46. The maximum absolute atomic E-state index is 11.0. The molecule has 0 aliphatic carbocycles. The SMILES string of the molecule is CC(=O)Nc1c(Br)cc(Br)c2nsnc12. The molecule has 2 rings (SSSR count). The molecule has 4 nitrogen and oxygen atoms in total. The summed E-state index contributed by atoms with van der Waals surface area (Å²) in [5, 5.41) is 2.73. The third kappa shape index (κ3) is 2.04. The molecular weight excluding hydrogens is 346 g/mol. The zero-order valence-electron chi connectivity index (χ0n) is 7.54. The van der Waals surface area contributed by atoms with E-state index in [2.05, 4.69) is 45.9 Å². The van der Waals surface area contributed by atoms with Crippen LogP contribution in [0, 0.1) is 0 Å². The number of halogens is 2. The van der Waals surface area contributed by atoms with E-state index in [0.717, 1.165) is 26.2 Å². The number of fused-ring (bicyclic) bond motifs is 1. The van der Waals surface area contributed by atoms with Crippen molar-refractivity contribution in [3.63, 3.8) is 0 Å². The number of rotatable bonds is 1. The number of anilines is 1. The van der Waals surface area contributed by atoms with Gasteiger partial charge in [0.25, 0.3) is 0 Å². The van der Waals surface area contributed by atoms with Crippen LogP contribution in [-0.2, 0) is 4.79 Å². The molecule has 0 radical (unpaired) electrons. The molecule has 0 bridgehead atoms. The fourth-order valence-electron chi connectivity index (χ4n) is 1.17. The zero-order valence-corrected chi connectivity index (χ0v) is 11.5. The van der Waals surface area contributed by atoms with Crippen molar-refractivity contribution in [2.45, 2.75) is 6.92 Å². The number of hydrogen-bond donors (Lipinski definition) is 1. The van der Waals surface area contributed by atoms with Gasteiger partial charge in [-0.15, -0.1) is 0 Å². The third-order valence-electron chi connectivity index (χ3n) is 1.74. The number of carbonyl (C=O) groups excluding carboxylic acids is 1. The van der Waals surface area contributed by atoms with Crippen molar-refractivity contribution in [2.24, 2.45) is 0 Å². The highest BCUT2D eigenvalue weighted by Crippen LogP contribution is 2.35. The first-order valence-electron chi connectivity index (χ1n) is 3.97. The third-order valence-corrected chi connectivity index (χ3v) is 3.50. The second kappa shape index (κ2) is 4.15. The van der Waals surface area contributed by atoms with Crippen LogP contribution >= 0.6 is 43.6 Å². The molecule has 7 heteroatoms. The molecule has 1 amide bonds. The van der Waals surface area contributed by atoms with Crippen LogP contribution in [0.3, 0.4) is 0 Å². The number of nitrogens with one attached hydrogen (secondary N) is 1. The molecule has 1 aromatic carbocycles. The molecule has 78 valence electrons. The highest BCUT2D eigenvalue weighted by Gasteiger charge is 2.13. The Balaban J connectivity index is 2.71. The summed E-state index contributed by atoms with van der Waals surface area (Å²) in [6.07, 6.45) is 0. The lowest BCUT2D eigenvalue weighted by Gasteiger charge is -2.06. The summed E-state index contributed by atoms with van der Waals surface area (Å²) in [5.41, 5.74) is 2.11. The van der Waals surface area contributed by atoms with Gasteiger partial charge in [0.15, 0.2) is 0 Å². The fourth-order valence-corrected chi connectivity index (χ4v) is 3.18. The Morgan fingerprint density at radius 3 is 2.67 bits per heavy atom. The van der Waals surface area contributed by atoms with Crippen molar-refractivity contribution in [2.75, 3.05) is 5.32 Å². The monoisotopic (exact) mass is 349 g/mol. The minimum absolute atomic E-state index is 0.132. The summed E-state index contributed by atoms with van der Waals surface area (Å²) in [7, 11) is 0. The Hall–Kier alpha value is -0.530. The molecule has 0 saturated carbocycles. The first-order chi connectivity index (χ1) is 7.09. The van der Waals surface area contributed by atoms with Crippen molar-refractivity contribution < 1.29 is 4.79 Å². The summed E-state index contributed by atoms with van der Waals surface area (Å²) in [6, 6.07) is 1.84. The van der Waals surface area contributed by atoms with Gasteiger partial charge in [-0.2, -0.15) is 8.75 Å². The van der Waals surface area contributed by atoms with E-state index in [1.807, 2.05) is 6.07 Å². The number of hydrogen-bond acceptors (Lipinski definition) is 4. The topological polar surface area (TPSA) is 54.9 Å². The predicted molar refractivity (Wildman–Crippen MR) is 67.1 cm³/mol. The van der Waals surface area contributed by atoms with Gasteiger partial charge in [-0.25, -0.2) is 0 Å². The van der Waals surface area contributed by atoms with E-state index < -0.39 is 0 Å². The number of carbonyl (C=O) groups is 1. The molecule has 1 N–H and O–H groups in total. The van der Waals surface area contributed by atoms with Gasteiger partial charge in [0.2, 0.25) is 5.91 Å². The second-order valence-corrected chi connectivity index (χ2v) is 5.09. The Morgan fingerprint density at radius 2 is 2.00 bits per heavy atom. The van der Waals surface area contributed by atoms with Crippen LogP contribution in [0.25, 0.3) is 11.0 Å². The van der Waals surface area contributed by atoms with Gasteiger partial charge in [0.1, 0.15) is 11.0 Å². The molecule has 1 aromatic heterocycles. The van der Waals surface area contributed by atoms with E-state index >= 15 is 0 Å². The smallest absolute Gasteiger partial charge is 0.221 e. The van der Waals surface area contributed by atoms with Crippen molar-refractivity contribution in [1.29, 1.82) is 0 Å². The van der Waals surface area contributed by atoms with Crippen molar-refractivity contribution in [1.82, 2.24) is 8.75 Å². The van der Waals surface area contributed by atoms with Crippen molar-refractivity contribution >= 4 is 66.2 Å². The van der Waals surface area contributed by atoms with E-state index in [1.165, 1.54) is 6.92 Å². The average molecular weight is 351 g/mol. The predicted octanol–water partition coefficient (Wildman–Crippen LogP) is 3.17. The van der Waals surface area contributed by atoms with E-state index in [4.69, 9.17) is 0 Å². The summed E-state index contributed by atoms with van der Waals surface area (Å²) in [5.74, 6) is -0.132. The quantitative estimate of drug-likeness (QED) is 0.859. The minimum atomic E-state index is -0.132. The van der Waals surface area contributed by atoms with Gasteiger partial charge in [0, 0.05) is 15.9 Å². The lowest BCUT2D eigenvalue weighted by molar-refractivity contribution is -0.114. The summed E-state index contributed by atoms with van der Waals surface area (Å²) < 4.78 is 9.92. The normalized spacial score (nSPS) is 10.6. The van der Waals surface area contributed by atoms with Gasteiger partial charge in [-0.05, 0) is 37.9 Å². The molecule has 0 aliphatic rings. The van der Waals surface area contributed by atoms with Gasteiger partial charge in [-0.3, -0.25) is 4.79 Å². The molecule has 1 heterocycles. The van der Waals surface area contributed by atoms with Crippen LogP contribution in [0.1, 0.15) is 6.92 Å². The maximum atomic E-state index is 11.0. The summed E-state index contributed by atoms with van der Waals surface area (Å²) in [4.78, 5) is 11.0. The molecule has 0 saturated heterocycles. The first kappa shape index (κ1) is 11.0. The molecule has 15 heavy (non-hydrogen) atoms. The number of benzene rings is 1. The molecule has 0 spiro atoms. The first-order valence-corrected chi connectivity index (χ1v) is 6.29. The fraction of sp³-hybridized carbons (Fsp3) is 0.125. The molecule has 0 fully saturated rings. The van der Waals surface area contributed by atoms with Crippen LogP contribution in [0.2, 0.25) is 0 Å². The van der Waals surface area contributed by atoms with E-state index in [0.29, 0.717) is 11.2 Å². The van der Waals surface area contributed by atoms with Gasteiger partial charge >= 0.3 is 0 Å². The van der Waals surface area contributed by atoms with Gasteiger partial charge < -0.3 is 5.32 Å². The Labute approximate surface area is 107 Å². The second-order valence-electron chi connectivity index (χ2n) is 2.86. The highest BCUT2D eigenvalue weighted by molar-refractivity contribution is 9.11. The molecule has 0 atom stereocenters. The van der Waals surface area contributed by atoms with Crippen LogP contribution in [0.15, 0.2) is 15.0 Å². The minimum Gasteiger partial charge on any atom is -0.323 e. The number of aromatic nitrogens is 2. The van der Waals surface area contributed by atoms with Crippen LogP contribution < -0.4 is 5.32 Å². The van der Waals surface area contributed by atoms with Crippen molar-refractivity contribution in [3.05, 3.63) is 15.0 Å².